The smallest absolute Gasteiger partial charge is 0.252 e. The SMILES string of the molecule is CC(NC(=O)CCNC(=O)c1cc(F)ccc1Br)c1ccccn1. The number of halogens is 2. The topological polar surface area (TPSA) is 71.1 Å². The number of hydrogen-bond acceptors (Lipinski definition) is 3. The fraction of sp³-hybridized carbons (Fsp3) is 0.235. The summed E-state index contributed by atoms with van der Waals surface area (Å²) in [6, 6.07) is 9.13. The minimum absolute atomic E-state index is 0.121. The van der Waals surface area contributed by atoms with Crippen LogP contribution in [0.1, 0.15) is 35.4 Å². The molecule has 0 saturated carbocycles. The number of nitrogens with zero attached hydrogens (tertiary/aromatic N) is 1. The Morgan fingerprint density at radius 2 is 2.08 bits per heavy atom. The predicted molar refractivity (Wildman–Crippen MR) is 91.8 cm³/mol. The van der Waals surface area contributed by atoms with Crippen molar-refractivity contribution in [3.63, 3.8) is 0 Å². The van der Waals surface area contributed by atoms with E-state index in [1.807, 2.05) is 19.1 Å². The highest BCUT2D eigenvalue weighted by Crippen LogP contribution is 2.17. The Bertz CT molecular complexity index is 725. The molecule has 1 unspecified atom stereocenters. The normalized spacial score (nSPS) is 11.6. The molecule has 0 aliphatic rings. The van der Waals surface area contributed by atoms with Crippen molar-refractivity contribution in [1.82, 2.24) is 15.6 Å². The number of hydrogen-bond donors (Lipinski definition) is 2. The van der Waals surface area contributed by atoms with Crippen LogP contribution in [0.25, 0.3) is 0 Å². The maximum Gasteiger partial charge on any atom is 0.252 e. The van der Waals surface area contributed by atoms with Crippen LogP contribution in [0.15, 0.2) is 47.1 Å². The van der Waals surface area contributed by atoms with Gasteiger partial charge in [-0.2, -0.15) is 0 Å². The van der Waals surface area contributed by atoms with Gasteiger partial charge in [0.15, 0.2) is 0 Å². The highest BCUT2D eigenvalue weighted by Gasteiger charge is 2.13. The van der Waals surface area contributed by atoms with Crippen molar-refractivity contribution in [2.24, 2.45) is 0 Å². The lowest BCUT2D eigenvalue weighted by molar-refractivity contribution is -0.121. The molecule has 1 aromatic carbocycles. The van der Waals surface area contributed by atoms with Crippen LogP contribution in [0, 0.1) is 5.82 Å². The van der Waals surface area contributed by atoms with Gasteiger partial charge >= 0.3 is 0 Å². The van der Waals surface area contributed by atoms with Gasteiger partial charge < -0.3 is 10.6 Å². The highest BCUT2D eigenvalue weighted by atomic mass is 79.9. The van der Waals surface area contributed by atoms with E-state index in [9.17, 15) is 14.0 Å². The summed E-state index contributed by atoms with van der Waals surface area (Å²) >= 11 is 3.20. The third-order valence-corrected chi connectivity index (χ3v) is 4.01. The molecule has 2 amide bonds. The largest absolute Gasteiger partial charge is 0.351 e. The van der Waals surface area contributed by atoms with Crippen molar-refractivity contribution in [3.8, 4) is 0 Å². The van der Waals surface area contributed by atoms with Crippen molar-refractivity contribution in [2.75, 3.05) is 6.54 Å². The molecule has 2 rings (SSSR count). The summed E-state index contributed by atoms with van der Waals surface area (Å²) in [5, 5.41) is 5.41. The standard InChI is InChI=1S/C17H17BrFN3O2/c1-11(15-4-2-3-8-20-15)22-16(23)7-9-21-17(24)13-10-12(19)5-6-14(13)18/h2-6,8,10-11H,7,9H2,1H3,(H,21,24)(H,22,23). The molecule has 0 aliphatic heterocycles. The summed E-state index contributed by atoms with van der Waals surface area (Å²) in [6.07, 6.45) is 1.78. The third kappa shape index (κ3) is 5.13. The molecule has 2 aromatic rings. The van der Waals surface area contributed by atoms with E-state index in [1.165, 1.54) is 12.1 Å². The first-order valence-corrected chi connectivity index (χ1v) is 8.20. The zero-order chi connectivity index (χ0) is 17.5. The van der Waals surface area contributed by atoms with E-state index in [2.05, 4.69) is 31.5 Å². The van der Waals surface area contributed by atoms with Crippen LogP contribution in [0.4, 0.5) is 4.39 Å². The van der Waals surface area contributed by atoms with E-state index in [1.54, 1.807) is 12.3 Å². The van der Waals surface area contributed by atoms with Crippen LogP contribution in [0.5, 0.6) is 0 Å². The van der Waals surface area contributed by atoms with Crippen molar-refractivity contribution in [2.45, 2.75) is 19.4 Å². The van der Waals surface area contributed by atoms with Gasteiger partial charge in [-0.25, -0.2) is 4.39 Å². The first-order chi connectivity index (χ1) is 11.5. The molecular weight excluding hydrogens is 377 g/mol. The van der Waals surface area contributed by atoms with E-state index >= 15 is 0 Å². The number of nitrogens with one attached hydrogen (secondary N) is 2. The molecule has 0 fully saturated rings. The summed E-state index contributed by atoms with van der Waals surface area (Å²) in [5.41, 5.74) is 0.954. The second-order valence-electron chi connectivity index (χ2n) is 5.17. The monoisotopic (exact) mass is 393 g/mol. The zero-order valence-corrected chi connectivity index (χ0v) is 14.6. The lowest BCUT2D eigenvalue weighted by atomic mass is 10.2. The van der Waals surface area contributed by atoms with E-state index in [0.717, 1.165) is 11.8 Å². The van der Waals surface area contributed by atoms with Crippen molar-refractivity contribution < 1.29 is 14.0 Å². The lowest BCUT2D eigenvalue weighted by Gasteiger charge is -2.13. The van der Waals surface area contributed by atoms with E-state index in [4.69, 9.17) is 0 Å². The third-order valence-electron chi connectivity index (χ3n) is 3.32. The van der Waals surface area contributed by atoms with Gasteiger partial charge in [-0.3, -0.25) is 14.6 Å². The fourth-order valence-electron chi connectivity index (χ4n) is 2.08. The molecule has 0 radical (unpaired) electrons. The van der Waals surface area contributed by atoms with Crippen molar-refractivity contribution in [3.05, 3.63) is 64.1 Å². The van der Waals surface area contributed by atoms with E-state index in [0.29, 0.717) is 4.47 Å². The first kappa shape index (κ1) is 18.1. The molecule has 1 heterocycles. The number of benzene rings is 1. The average Bonchev–Trinajstić information content (AvgIpc) is 2.57. The highest BCUT2D eigenvalue weighted by molar-refractivity contribution is 9.10. The first-order valence-electron chi connectivity index (χ1n) is 7.41. The summed E-state index contributed by atoms with van der Waals surface area (Å²) in [4.78, 5) is 28.1. The van der Waals surface area contributed by atoms with Crippen molar-refractivity contribution >= 4 is 27.7 Å². The maximum atomic E-state index is 13.2. The number of pyridine rings is 1. The molecule has 7 heteroatoms. The number of amides is 2. The minimum atomic E-state index is -0.495. The van der Waals surface area contributed by atoms with Crippen molar-refractivity contribution in [1.29, 1.82) is 0 Å². The Hall–Kier alpha value is -2.28. The molecule has 0 spiro atoms. The van der Waals surface area contributed by atoms with Crippen LogP contribution in [0.2, 0.25) is 0 Å². The molecular formula is C17H17BrFN3O2. The molecule has 126 valence electrons. The second-order valence-corrected chi connectivity index (χ2v) is 6.03. The van der Waals surface area contributed by atoms with Gasteiger partial charge in [0.05, 0.1) is 17.3 Å². The molecule has 0 bridgehead atoms. The van der Waals surface area contributed by atoms with Crippen LogP contribution < -0.4 is 10.6 Å². The van der Waals surface area contributed by atoms with Gasteiger partial charge in [0.25, 0.3) is 5.91 Å². The Morgan fingerprint density at radius 3 is 2.79 bits per heavy atom. The number of carbonyl (C=O) groups is 2. The molecule has 0 aliphatic carbocycles. The Kier molecular flexibility index (Phi) is 6.43. The molecule has 1 aromatic heterocycles. The van der Waals surface area contributed by atoms with Crippen LogP contribution in [0.3, 0.4) is 0 Å². The predicted octanol–water partition coefficient (Wildman–Crippen LogP) is 2.98. The Labute approximate surface area is 147 Å². The summed E-state index contributed by atoms with van der Waals surface area (Å²) < 4.78 is 13.7. The number of aromatic nitrogens is 1. The van der Waals surface area contributed by atoms with Gasteiger partial charge in [-0.15, -0.1) is 0 Å². The van der Waals surface area contributed by atoms with E-state index in [-0.39, 0.29) is 30.5 Å². The number of rotatable bonds is 6. The lowest BCUT2D eigenvalue weighted by Crippen LogP contribution is -2.32. The number of carbonyl (C=O) groups excluding carboxylic acids is 2. The van der Waals surface area contributed by atoms with Crippen LogP contribution >= 0.6 is 15.9 Å². The van der Waals surface area contributed by atoms with Crippen LogP contribution in [-0.4, -0.2) is 23.3 Å². The molecule has 24 heavy (non-hydrogen) atoms. The van der Waals surface area contributed by atoms with Gasteiger partial charge in [-0.1, -0.05) is 6.07 Å². The van der Waals surface area contributed by atoms with Crippen LogP contribution in [-0.2, 0) is 4.79 Å². The van der Waals surface area contributed by atoms with Gasteiger partial charge in [0, 0.05) is 23.6 Å². The maximum absolute atomic E-state index is 13.2. The zero-order valence-electron chi connectivity index (χ0n) is 13.1. The van der Waals surface area contributed by atoms with Gasteiger partial charge in [-0.05, 0) is 53.2 Å². The minimum Gasteiger partial charge on any atom is -0.351 e. The molecule has 0 saturated heterocycles. The average molecular weight is 394 g/mol. The Morgan fingerprint density at radius 1 is 1.29 bits per heavy atom. The second kappa shape index (κ2) is 8.54. The molecule has 5 nitrogen and oxygen atoms in total. The van der Waals surface area contributed by atoms with E-state index < -0.39 is 11.7 Å². The van der Waals surface area contributed by atoms with Gasteiger partial charge in [0.2, 0.25) is 5.91 Å². The summed E-state index contributed by atoms with van der Waals surface area (Å²) in [5.74, 6) is -1.14. The Balaban J connectivity index is 1.80. The molecule has 1 atom stereocenters. The fourth-order valence-corrected chi connectivity index (χ4v) is 2.50. The summed E-state index contributed by atoms with van der Waals surface area (Å²) in [7, 11) is 0. The quantitative estimate of drug-likeness (QED) is 0.792. The summed E-state index contributed by atoms with van der Waals surface area (Å²) in [6.45, 7) is 1.99. The molecule has 2 N–H and O–H groups in total. The van der Waals surface area contributed by atoms with Gasteiger partial charge in [0.1, 0.15) is 5.82 Å².